The number of hydrogen-bond acceptors (Lipinski definition) is 2. The zero-order valence-corrected chi connectivity index (χ0v) is 13.8. The smallest absolute Gasteiger partial charge is 0.186 e. The molecule has 0 aliphatic rings. The lowest BCUT2D eigenvalue weighted by Crippen LogP contribution is -2.43. The molecule has 0 saturated heterocycles. The van der Waals surface area contributed by atoms with Crippen LogP contribution in [0.3, 0.4) is 0 Å². The summed E-state index contributed by atoms with van der Waals surface area (Å²) in [5.74, 6) is 0. The van der Waals surface area contributed by atoms with Crippen LogP contribution in [-0.4, -0.2) is 29.1 Å². The molecule has 92 valence electrons. The molecule has 0 rings (SSSR count). The summed E-state index contributed by atoms with van der Waals surface area (Å²) < 4.78 is 12.1. The maximum absolute atomic E-state index is 6.17. The quantitative estimate of drug-likeness (QED) is 0.695. The minimum atomic E-state index is -1.53. The van der Waals surface area contributed by atoms with Crippen LogP contribution in [0.2, 0.25) is 25.3 Å². The Kier molecular flexibility index (Phi) is 5.75. The molecule has 15 heavy (non-hydrogen) atoms. The third kappa shape index (κ3) is 9.29. The molecule has 0 amide bonds. The lowest BCUT2D eigenvalue weighted by molar-refractivity contribution is 0.121. The third-order valence-electron chi connectivity index (χ3n) is 1.87. The van der Waals surface area contributed by atoms with Crippen LogP contribution in [0.5, 0.6) is 0 Å². The van der Waals surface area contributed by atoms with E-state index in [2.05, 4.69) is 54.3 Å². The topological polar surface area (TPSA) is 18.5 Å². The van der Waals surface area contributed by atoms with Gasteiger partial charge in [0.2, 0.25) is 0 Å². The van der Waals surface area contributed by atoms with Crippen molar-refractivity contribution in [1.82, 2.24) is 0 Å². The molecule has 4 heteroatoms. The molecule has 2 nitrogen and oxygen atoms in total. The average molecular weight is 249 g/mol. The van der Waals surface area contributed by atoms with Gasteiger partial charge in [0.05, 0.1) is 0 Å². The molecule has 0 aromatic carbocycles. The van der Waals surface area contributed by atoms with Gasteiger partial charge in [-0.15, -0.1) is 0 Å². The Morgan fingerprint density at radius 1 is 1.20 bits per heavy atom. The molecule has 0 heterocycles. The molecule has 0 radical (unpaired) electrons. The molecule has 0 aromatic heterocycles. The van der Waals surface area contributed by atoms with Gasteiger partial charge in [-0.25, -0.2) is 0 Å². The molecule has 0 aliphatic carbocycles. The zero-order chi connectivity index (χ0) is 12.3. The van der Waals surface area contributed by atoms with Gasteiger partial charge >= 0.3 is 0 Å². The predicted molar refractivity (Wildman–Crippen MR) is 72.4 cm³/mol. The zero-order valence-electron chi connectivity index (χ0n) is 11.7. The SMILES string of the molecule is CC(C)O[SiH](C)C[Si](C)(C)OC(C)(C)C. The lowest BCUT2D eigenvalue weighted by atomic mass is 10.2. The first-order valence-corrected chi connectivity index (χ1v) is 11.4. The fourth-order valence-corrected chi connectivity index (χ4v) is 10.9. The van der Waals surface area contributed by atoms with Crippen LogP contribution in [-0.2, 0) is 8.85 Å². The van der Waals surface area contributed by atoms with Crippen LogP contribution in [0.1, 0.15) is 34.6 Å². The Balaban J connectivity index is 4.13. The molecule has 0 spiro atoms. The second-order valence-corrected chi connectivity index (χ2v) is 13.4. The van der Waals surface area contributed by atoms with Crippen molar-refractivity contribution in [3.63, 3.8) is 0 Å². The first kappa shape index (κ1) is 15.4. The molecule has 0 N–H and O–H groups in total. The molecule has 0 saturated carbocycles. The van der Waals surface area contributed by atoms with Gasteiger partial charge in [0.25, 0.3) is 0 Å². The summed E-state index contributed by atoms with van der Waals surface area (Å²) in [6.45, 7) is 17.5. The van der Waals surface area contributed by atoms with Gasteiger partial charge in [0, 0.05) is 11.7 Å². The van der Waals surface area contributed by atoms with Crippen molar-refractivity contribution >= 4 is 17.4 Å². The summed E-state index contributed by atoms with van der Waals surface area (Å²) in [6, 6.07) is 0. The van der Waals surface area contributed by atoms with E-state index in [1.165, 1.54) is 5.67 Å². The van der Waals surface area contributed by atoms with E-state index >= 15 is 0 Å². The molecule has 1 unspecified atom stereocenters. The van der Waals surface area contributed by atoms with E-state index in [-0.39, 0.29) is 5.60 Å². The highest BCUT2D eigenvalue weighted by Crippen LogP contribution is 2.21. The highest BCUT2D eigenvalue weighted by molar-refractivity contribution is 6.82. The van der Waals surface area contributed by atoms with Crippen LogP contribution in [0.4, 0.5) is 0 Å². The minimum Gasteiger partial charge on any atom is -0.418 e. The Morgan fingerprint density at radius 2 is 1.67 bits per heavy atom. The average Bonchev–Trinajstić information content (AvgIpc) is 1.73. The number of hydrogen-bond donors (Lipinski definition) is 0. The molecular formula is C11H28O2Si2. The van der Waals surface area contributed by atoms with E-state index in [0.717, 1.165) is 0 Å². The van der Waals surface area contributed by atoms with Crippen LogP contribution < -0.4 is 0 Å². The second kappa shape index (κ2) is 5.61. The maximum Gasteiger partial charge on any atom is 0.186 e. The Hall–Kier alpha value is 0.354. The van der Waals surface area contributed by atoms with Gasteiger partial charge in [-0.05, 0) is 59.9 Å². The van der Waals surface area contributed by atoms with Crippen molar-refractivity contribution in [3.05, 3.63) is 0 Å². The lowest BCUT2D eigenvalue weighted by Gasteiger charge is -2.34. The first-order valence-electron chi connectivity index (χ1n) is 5.87. The highest BCUT2D eigenvalue weighted by atomic mass is 28.4. The third-order valence-corrected chi connectivity index (χ3v) is 10.3. The van der Waals surface area contributed by atoms with Crippen molar-refractivity contribution in [2.45, 2.75) is 71.6 Å². The summed E-state index contributed by atoms with van der Waals surface area (Å²) >= 11 is 0. The largest absolute Gasteiger partial charge is 0.418 e. The van der Waals surface area contributed by atoms with Crippen molar-refractivity contribution in [3.8, 4) is 0 Å². The van der Waals surface area contributed by atoms with Crippen LogP contribution in [0.15, 0.2) is 0 Å². The van der Waals surface area contributed by atoms with Gasteiger partial charge in [-0.2, -0.15) is 0 Å². The maximum atomic E-state index is 6.17. The van der Waals surface area contributed by atoms with Crippen molar-refractivity contribution in [1.29, 1.82) is 0 Å². The molecule has 0 bridgehead atoms. The van der Waals surface area contributed by atoms with Gasteiger partial charge in [-0.3, -0.25) is 0 Å². The van der Waals surface area contributed by atoms with Gasteiger partial charge in [0.1, 0.15) is 0 Å². The van der Waals surface area contributed by atoms with Crippen molar-refractivity contribution in [2.24, 2.45) is 0 Å². The summed E-state index contributed by atoms with van der Waals surface area (Å²) in [4.78, 5) is 0. The molecule has 0 aromatic rings. The monoisotopic (exact) mass is 248 g/mol. The fourth-order valence-electron chi connectivity index (χ4n) is 2.08. The fraction of sp³-hybridized carbons (Fsp3) is 1.00. The standard InChI is InChI=1S/C11H28O2Si2/c1-10(2)12-14(6)9-15(7,8)13-11(3,4)5/h10,14H,9H2,1-8H3. The van der Waals surface area contributed by atoms with Crippen LogP contribution in [0, 0.1) is 0 Å². The Morgan fingerprint density at radius 3 is 2.00 bits per heavy atom. The van der Waals surface area contributed by atoms with Gasteiger partial charge in [0.15, 0.2) is 17.4 Å². The Labute approximate surface area is 98.2 Å². The molecular weight excluding hydrogens is 220 g/mol. The van der Waals surface area contributed by atoms with E-state index in [1.807, 2.05) is 0 Å². The van der Waals surface area contributed by atoms with E-state index < -0.39 is 17.4 Å². The predicted octanol–water partition coefficient (Wildman–Crippen LogP) is 3.32. The van der Waals surface area contributed by atoms with E-state index in [9.17, 15) is 0 Å². The van der Waals surface area contributed by atoms with E-state index in [1.54, 1.807) is 0 Å². The summed E-state index contributed by atoms with van der Waals surface area (Å²) in [7, 11) is -2.57. The molecule has 0 fully saturated rings. The normalized spacial score (nSPS) is 15.8. The van der Waals surface area contributed by atoms with Crippen molar-refractivity contribution < 1.29 is 8.85 Å². The molecule has 0 aliphatic heterocycles. The van der Waals surface area contributed by atoms with Gasteiger partial charge < -0.3 is 8.85 Å². The Bertz CT molecular complexity index is 186. The second-order valence-electron chi connectivity index (χ2n) is 6.17. The summed E-state index contributed by atoms with van der Waals surface area (Å²) in [5.41, 5.74) is 1.18. The van der Waals surface area contributed by atoms with Gasteiger partial charge in [-0.1, -0.05) is 0 Å². The van der Waals surface area contributed by atoms with E-state index in [4.69, 9.17) is 8.85 Å². The summed E-state index contributed by atoms with van der Waals surface area (Å²) in [6.07, 6.45) is 0.367. The highest BCUT2D eigenvalue weighted by Gasteiger charge is 2.31. The minimum absolute atomic E-state index is 0.0122. The van der Waals surface area contributed by atoms with Crippen molar-refractivity contribution in [2.75, 3.05) is 0 Å². The van der Waals surface area contributed by atoms with Crippen LogP contribution in [0.25, 0.3) is 0 Å². The summed E-state index contributed by atoms with van der Waals surface area (Å²) in [5, 5.41) is 0. The first-order chi connectivity index (χ1) is 6.52. The van der Waals surface area contributed by atoms with E-state index in [0.29, 0.717) is 6.10 Å². The van der Waals surface area contributed by atoms with Crippen LogP contribution >= 0.6 is 0 Å². The molecule has 1 atom stereocenters. The number of rotatable bonds is 5.